The highest BCUT2D eigenvalue weighted by molar-refractivity contribution is 5.92. The molecule has 3 N–H and O–H groups in total. The number of amides is 1. The van der Waals surface area contributed by atoms with E-state index in [1.165, 1.54) is 24.8 Å². The first-order valence-electron chi connectivity index (χ1n) is 9.58. The van der Waals surface area contributed by atoms with Crippen LogP contribution in [0.15, 0.2) is 24.3 Å². The Morgan fingerprint density at radius 1 is 1.27 bits per heavy atom. The lowest BCUT2D eigenvalue weighted by Gasteiger charge is -2.33. The number of rotatable bonds is 6. The minimum atomic E-state index is -0.00183. The summed E-state index contributed by atoms with van der Waals surface area (Å²) in [6.07, 6.45) is 3.81. The maximum Gasteiger partial charge on any atom is 0.226 e. The van der Waals surface area contributed by atoms with Gasteiger partial charge in [-0.15, -0.1) is 12.4 Å². The average molecular weight is 382 g/mol. The first-order chi connectivity index (χ1) is 12.1. The molecule has 1 heterocycles. The molecule has 26 heavy (non-hydrogen) atoms. The second-order valence-corrected chi connectivity index (χ2v) is 7.56. The van der Waals surface area contributed by atoms with Crippen LogP contribution in [-0.4, -0.2) is 37.7 Å². The SMILES string of the molecule is CC(C)C(=O)Nc1ccc(CNC2CCCC2C2COCCN2)cc1.Cl. The normalized spacial score (nSPS) is 25.7. The summed E-state index contributed by atoms with van der Waals surface area (Å²) in [7, 11) is 0. The van der Waals surface area contributed by atoms with E-state index in [2.05, 4.69) is 28.1 Å². The summed E-state index contributed by atoms with van der Waals surface area (Å²) in [5.74, 6) is 0.713. The van der Waals surface area contributed by atoms with Crippen LogP contribution in [0.3, 0.4) is 0 Å². The molecule has 146 valence electrons. The summed E-state index contributed by atoms with van der Waals surface area (Å²) in [6.45, 7) is 7.31. The van der Waals surface area contributed by atoms with E-state index < -0.39 is 0 Å². The highest BCUT2D eigenvalue weighted by Crippen LogP contribution is 2.29. The third-order valence-electron chi connectivity index (χ3n) is 5.35. The van der Waals surface area contributed by atoms with Crippen molar-refractivity contribution >= 4 is 24.0 Å². The predicted octanol–water partition coefficient (Wildman–Crippen LogP) is 2.95. The van der Waals surface area contributed by atoms with E-state index >= 15 is 0 Å². The first-order valence-corrected chi connectivity index (χ1v) is 9.58. The Morgan fingerprint density at radius 3 is 2.69 bits per heavy atom. The van der Waals surface area contributed by atoms with Gasteiger partial charge in [-0.3, -0.25) is 4.79 Å². The zero-order valence-electron chi connectivity index (χ0n) is 15.8. The van der Waals surface area contributed by atoms with E-state index in [0.29, 0.717) is 18.0 Å². The molecule has 3 rings (SSSR count). The summed E-state index contributed by atoms with van der Waals surface area (Å²) < 4.78 is 5.64. The second kappa shape index (κ2) is 10.3. The van der Waals surface area contributed by atoms with Crippen LogP contribution >= 0.6 is 12.4 Å². The van der Waals surface area contributed by atoms with Crippen molar-refractivity contribution in [3.63, 3.8) is 0 Å². The van der Waals surface area contributed by atoms with Crippen LogP contribution in [0.4, 0.5) is 5.69 Å². The molecule has 5 nitrogen and oxygen atoms in total. The fraction of sp³-hybridized carbons (Fsp3) is 0.650. The lowest BCUT2D eigenvalue weighted by Crippen LogP contribution is -2.50. The third-order valence-corrected chi connectivity index (χ3v) is 5.35. The molecule has 1 aliphatic heterocycles. The number of carbonyl (C=O) groups is 1. The maximum atomic E-state index is 11.7. The van der Waals surface area contributed by atoms with E-state index in [9.17, 15) is 4.79 Å². The molecule has 1 saturated heterocycles. The Hall–Kier alpha value is -1.14. The minimum absolute atomic E-state index is 0. The van der Waals surface area contributed by atoms with Crippen LogP contribution < -0.4 is 16.0 Å². The number of morpholine rings is 1. The number of hydrogen-bond acceptors (Lipinski definition) is 4. The van der Waals surface area contributed by atoms with Gasteiger partial charge >= 0.3 is 0 Å². The summed E-state index contributed by atoms with van der Waals surface area (Å²) in [4.78, 5) is 11.7. The van der Waals surface area contributed by atoms with Crippen molar-refractivity contribution in [2.45, 2.75) is 51.7 Å². The first kappa shape index (κ1) is 21.2. The largest absolute Gasteiger partial charge is 0.379 e. The van der Waals surface area contributed by atoms with E-state index in [-0.39, 0.29) is 24.2 Å². The molecule has 0 bridgehead atoms. The Kier molecular flexibility index (Phi) is 8.35. The van der Waals surface area contributed by atoms with Gasteiger partial charge in [-0.2, -0.15) is 0 Å². The van der Waals surface area contributed by atoms with Gasteiger partial charge in [0.1, 0.15) is 0 Å². The Balaban J connectivity index is 0.00000243. The van der Waals surface area contributed by atoms with Gasteiger partial charge in [0.25, 0.3) is 0 Å². The molecule has 3 atom stereocenters. The number of hydrogen-bond donors (Lipinski definition) is 3. The van der Waals surface area contributed by atoms with E-state index in [1.807, 2.05) is 26.0 Å². The zero-order valence-corrected chi connectivity index (χ0v) is 16.6. The van der Waals surface area contributed by atoms with Crippen molar-refractivity contribution in [1.29, 1.82) is 0 Å². The molecule has 2 fully saturated rings. The smallest absolute Gasteiger partial charge is 0.226 e. The Morgan fingerprint density at radius 2 is 2.04 bits per heavy atom. The van der Waals surface area contributed by atoms with Gasteiger partial charge in [-0.05, 0) is 36.5 Å². The topological polar surface area (TPSA) is 62.4 Å². The van der Waals surface area contributed by atoms with Crippen LogP contribution in [0.5, 0.6) is 0 Å². The lowest BCUT2D eigenvalue weighted by atomic mass is 9.94. The summed E-state index contributed by atoms with van der Waals surface area (Å²) in [5, 5.41) is 10.3. The van der Waals surface area contributed by atoms with Gasteiger partial charge in [0, 0.05) is 36.8 Å². The van der Waals surface area contributed by atoms with Crippen molar-refractivity contribution in [2.75, 3.05) is 25.1 Å². The van der Waals surface area contributed by atoms with E-state index in [4.69, 9.17) is 4.74 Å². The molecule has 1 aromatic carbocycles. The molecule has 2 aliphatic rings. The number of carbonyl (C=O) groups excluding carboxylic acids is 1. The van der Waals surface area contributed by atoms with E-state index in [0.717, 1.165) is 32.0 Å². The minimum Gasteiger partial charge on any atom is -0.379 e. The molecule has 0 spiro atoms. The highest BCUT2D eigenvalue weighted by Gasteiger charge is 2.34. The van der Waals surface area contributed by atoms with Gasteiger partial charge in [0.2, 0.25) is 5.91 Å². The number of benzene rings is 1. The average Bonchev–Trinajstić information content (AvgIpc) is 3.10. The molecule has 3 unspecified atom stereocenters. The summed E-state index contributed by atoms with van der Waals surface area (Å²) in [6, 6.07) is 9.20. The fourth-order valence-electron chi connectivity index (χ4n) is 3.83. The standard InChI is InChI=1S/C20H31N3O2.ClH/c1-14(2)20(24)23-16-8-6-15(7-9-16)12-22-18-5-3-4-17(18)19-13-25-11-10-21-19;/h6-9,14,17-19,21-22H,3-5,10-13H2,1-2H3,(H,23,24);1H. The number of ether oxygens (including phenoxy) is 1. The molecular weight excluding hydrogens is 350 g/mol. The Bertz CT molecular complexity index is 559. The van der Waals surface area contributed by atoms with Crippen LogP contribution in [0.1, 0.15) is 38.7 Å². The number of halogens is 1. The van der Waals surface area contributed by atoms with Crippen LogP contribution in [0.25, 0.3) is 0 Å². The van der Waals surface area contributed by atoms with Crippen molar-refractivity contribution in [2.24, 2.45) is 11.8 Å². The molecule has 6 heteroatoms. The molecule has 1 saturated carbocycles. The van der Waals surface area contributed by atoms with Crippen LogP contribution in [-0.2, 0) is 16.1 Å². The molecule has 0 aromatic heterocycles. The third kappa shape index (κ3) is 5.68. The van der Waals surface area contributed by atoms with Crippen LogP contribution in [0.2, 0.25) is 0 Å². The van der Waals surface area contributed by atoms with Gasteiger partial charge in [-0.1, -0.05) is 32.4 Å². The van der Waals surface area contributed by atoms with Crippen molar-refractivity contribution < 1.29 is 9.53 Å². The van der Waals surface area contributed by atoms with Crippen molar-refractivity contribution in [1.82, 2.24) is 10.6 Å². The zero-order chi connectivity index (χ0) is 17.6. The molecule has 1 amide bonds. The highest BCUT2D eigenvalue weighted by atomic mass is 35.5. The second-order valence-electron chi connectivity index (χ2n) is 7.56. The monoisotopic (exact) mass is 381 g/mol. The summed E-state index contributed by atoms with van der Waals surface area (Å²) in [5.41, 5.74) is 2.12. The maximum absolute atomic E-state index is 11.7. The molecule has 0 radical (unpaired) electrons. The van der Waals surface area contributed by atoms with Gasteiger partial charge < -0.3 is 20.7 Å². The predicted molar refractivity (Wildman–Crippen MR) is 108 cm³/mol. The molecule has 1 aromatic rings. The fourth-order valence-corrected chi connectivity index (χ4v) is 3.83. The van der Waals surface area contributed by atoms with Gasteiger partial charge in [-0.25, -0.2) is 0 Å². The quantitative estimate of drug-likeness (QED) is 0.709. The molecule has 1 aliphatic carbocycles. The van der Waals surface area contributed by atoms with E-state index in [1.54, 1.807) is 0 Å². The van der Waals surface area contributed by atoms with Crippen molar-refractivity contribution in [3.8, 4) is 0 Å². The summed E-state index contributed by atoms with van der Waals surface area (Å²) >= 11 is 0. The number of nitrogens with one attached hydrogen (secondary N) is 3. The van der Waals surface area contributed by atoms with Gasteiger partial charge in [0.05, 0.1) is 13.2 Å². The lowest BCUT2D eigenvalue weighted by molar-refractivity contribution is -0.118. The Labute approximate surface area is 163 Å². The molecular formula is C20H32ClN3O2. The van der Waals surface area contributed by atoms with Crippen LogP contribution in [0, 0.1) is 11.8 Å². The van der Waals surface area contributed by atoms with Gasteiger partial charge in [0.15, 0.2) is 0 Å². The number of anilines is 1. The van der Waals surface area contributed by atoms with Crippen molar-refractivity contribution in [3.05, 3.63) is 29.8 Å².